The van der Waals surface area contributed by atoms with Crippen LogP contribution < -0.4 is 4.74 Å². The summed E-state index contributed by atoms with van der Waals surface area (Å²) in [6.07, 6.45) is 0.949. The highest BCUT2D eigenvalue weighted by atomic mass is 32.2. The van der Waals surface area contributed by atoms with Crippen molar-refractivity contribution in [2.45, 2.75) is 4.21 Å². The van der Waals surface area contributed by atoms with Gasteiger partial charge in [0.05, 0.1) is 4.92 Å². The largest absolute Gasteiger partial charge is 0.440 e. The normalized spacial score (nSPS) is 11.3. The van der Waals surface area contributed by atoms with Gasteiger partial charge in [-0.2, -0.15) is 0 Å². The number of thiophene rings is 1. The molecule has 106 valence electrons. The van der Waals surface area contributed by atoms with Gasteiger partial charge in [-0.25, -0.2) is 12.8 Å². The highest BCUT2D eigenvalue weighted by Gasteiger charge is 2.25. The van der Waals surface area contributed by atoms with Crippen molar-refractivity contribution >= 4 is 26.9 Å². The fraction of sp³-hybridized carbons (Fsp3) is 0.0909. The average molecular weight is 317 g/mol. The Kier molecular flexibility index (Phi) is 3.73. The highest BCUT2D eigenvalue weighted by molar-refractivity contribution is 7.92. The number of hydrogen-bond acceptors (Lipinski definition) is 6. The first-order valence-electron chi connectivity index (χ1n) is 5.19. The first kappa shape index (κ1) is 14.4. The lowest BCUT2D eigenvalue weighted by Gasteiger charge is -2.01. The Hall–Kier alpha value is -2.00. The van der Waals surface area contributed by atoms with E-state index in [2.05, 4.69) is 0 Å². The Bertz CT molecular complexity index is 752. The second-order valence-electron chi connectivity index (χ2n) is 3.82. The molecule has 0 unspecified atom stereocenters. The van der Waals surface area contributed by atoms with Gasteiger partial charge in [-0.05, 0) is 24.3 Å². The lowest BCUT2D eigenvalue weighted by molar-refractivity contribution is -0.385. The minimum atomic E-state index is -3.56. The summed E-state index contributed by atoms with van der Waals surface area (Å²) in [6, 6.07) is 5.79. The van der Waals surface area contributed by atoms with Gasteiger partial charge in [-0.3, -0.25) is 10.1 Å². The van der Waals surface area contributed by atoms with Crippen molar-refractivity contribution in [3.05, 3.63) is 46.3 Å². The summed E-state index contributed by atoms with van der Waals surface area (Å²) in [7, 11) is -3.56. The molecule has 0 aliphatic carbocycles. The summed E-state index contributed by atoms with van der Waals surface area (Å²) >= 11 is 0.648. The molecular formula is C11H8FNO5S2. The number of halogens is 1. The smallest absolute Gasteiger partial charge is 0.324 e. The molecule has 0 amide bonds. The van der Waals surface area contributed by atoms with E-state index < -0.39 is 26.3 Å². The van der Waals surface area contributed by atoms with Crippen LogP contribution in [0.2, 0.25) is 0 Å². The van der Waals surface area contributed by atoms with Crippen molar-refractivity contribution in [2.75, 3.05) is 6.26 Å². The second-order valence-corrected chi connectivity index (χ2v) is 7.08. The van der Waals surface area contributed by atoms with Crippen LogP contribution >= 0.6 is 11.3 Å². The SMILES string of the molecule is CS(=O)(=O)c1cc([N+](=O)[O-])c(Oc2ccc(F)cc2)s1. The molecule has 1 aromatic heterocycles. The van der Waals surface area contributed by atoms with Crippen molar-refractivity contribution in [3.8, 4) is 10.8 Å². The maximum atomic E-state index is 12.8. The molecule has 20 heavy (non-hydrogen) atoms. The van der Waals surface area contributed by atoms with Crippen LogP contribution in [0.5, 0.6) is 10.8 Å². The Morgan fingerprint density at radius 3 is 2.40 bits per heavy atom. The standard InChI is InChI=1S/C11H8FNO5S2/c1-20(16,17)10-6-9(13(14)15)11(19-10)18-8-4-2-7(12)3-5-8/h2-6H,1H3. The van der Waals surface area contributed by atoms with E-state index in [0.29, 0.717) is 11.3 Å². The highest BCUT2D eigenvalue weighted by Crippen LogP contribution is 2.41. The molecule has 1 heterocycles. The van der Waals surface area contributed by atoms with E-state index >= 15 is 0 Å². The summed E-state index contributed by atoms with van der Waals surface area (Å²) in [5.74, 6) is -0.300. The molecule has 0 saturated carbocycles. The van der Waals surface area contributed by atoms with Gasteiger partial charge >= 0.3 is 5.69 Å². The number of nitrogens with zero attached hydrogens (tertiary/aromatic N) is 1. The van der Waals surface area contributed by atoms with Gasteiger partial charge in [-0.15, -0.1) is 0 Å². The predicted molar refractivity (Wildman–Crippen MR) is 70.6 cm³/mol. The molecular weight excluding hydrogens is 309 g/mol. The Morgan fingerprint density at radius 1 is 1.30 bits per heavy atom. The van der Waals surface area contributed by atoms with Crippen LogP contribution in [0.4, 0.5) is 10.1 Å². The van der Waals surface area contributed by atoms with E-state index in [9.17, 15) is 22.9 Å². The van der Waals surface area contributed by atoms with E-state index in [1.165, 1.54) is 12.1 Å². The third kappa shape index (κ3) is 3.11. The van der Waals surface area contributed by atoms with Crippen LogP contribution in [0.1, 0.15) is 0 Å². The quantitative estimate of drug-likeness (QED) is 0.639. The Balaban J connectivity index is 2.42. The number of ether oxygens (including phenoxy) is 1. The number of hydrogen-bond donors (Lipinski definition) is 0. The predicted octanol–water partition coefficient (Wildman–Crippen LogP) is 2.99. The van der Waals surface area contributed by atoms with Crippen LogP contribution in [0.25, 0.3) is 0 Å². The lowest BCUT2D eigenvalue weighted by atomic mass is 10.3. The number of sulfone groups is 1. The third-order valence-corrected chi connectivity index (χ3v) is 5.05. The lowest BCUT2D eigenvalue weighted by Crippen LogP contribution is -1.92. The van der Waals surface area contributed by atoms with Gasteiger partial charge in [0.1, 0.15) is 15.8 Å². The topological polar surface area (TPSA) is 86.5 Å². The molecule has 0 bridgehead atoms. The minimum Gasteiger partial charge on any atom is -0.440 e. The number of rotatable bonds is 4. The Labute approximate surface area is 117 Å². The minimum absolute atomic E-state index is 0.165. The summed E-state index contributed by atoms with van der Waals surface area (Å²) in [6.45, 7) is 0. The van der Waals surface area contributed by atoms with Crippen LogP contribution in [0.3, 0.4) is 0 Å². The summed E-state index contributed by atoms with van der Waals surface area (Å²) < 4.78 is 40.6. The number of benzene rings is 1. The summed E-state index contributed by atoms with van der Waals surface area (Å²) in [5.41, 5.74) is -0.445. The van der Waals surface area contributed by atoms with Crippen molar-refractivity contribution in [1.29, 1.82) is 0 Å². The molecule has 0 N–H and O–H groups in total. The monoisotopic (exact) mass is 317 g/mol. The van der Waals surface area contributed by atoms with E-state index in [4.69, 9.17) is 4.74 Å². The van der Waals surface area contributed by atoms with E-state index in [0.717, 1.165) is 24.5 Å². The van der Waals surface area contributed by atoms with Gasteiger partial charge in [0.15, 0.2) is 9.84 Å². The van der Waals surface area contributed by atoms with Gasteiger partial charge in [-0.1, -0.05) is 11.3 Å². The van der Waals surface area contributed by atoms with E-state index in [1.807, 2.05) is 0 Å². The zero-order valence-corrected chi connectivity index (χ0v) is 11.7. The zero-order chi connectivity index (χ0) is 14.9. The molecule has 0 spiro atoms. The van der Waals surface area contributed by atoms with Crippen LogP contribution in [0, 0.1) is 15.9 Å². The third-order valence-electron chi connectivity index (χ3n) is 2.24. The molecule has 6 nitrogen and oxygen atoms in total. The molecule has 0 atom stereocenters. The average Bonchev–Trinajstić information content (AvgIpc) is 2.76. The molecule has 9 heteroatoms. The first-order chi connectivity index (χ1) is 9.27. The molecule has 1 aromatic carbocycles. The van der Waals surface area contributed by atoms with Crippen LogP contribution in [-0.2, 0) is 9.84 Å². The van der Waals surface area contributed by atoms with E-state index in [-0.39, 0.29) is 15.0 Å². The van der Waals surface area contributed by atoms with Gasteiger partial charge in [0, 0.05) is 12.3 Å². The van der Waals surface area contributed by atoms with Gasteiger partial charge in [0.2, 0.25) is 0 Å². The molecule has 0 radical (unpaired) electrons. The van der Waals surface area contributed by atoms with Crippen molar-refractivity contribution in [2.24, 2.45) is 0 Å². The maximum Gasteiger partial charge on any atom is 0.324 e. The first-order valence-corrected chi connectivity index (χ1v) is 7.90. The zero-order valence-electron chi connectivity index (χ0n) is 10.1. The van der Waals surface area contributed by atoms with E-state index in [1.54, 1.807) is 0 Å². The molecule has 0 aliphatic rings. The summed E-state index contributed by atoms with van der Waals surface area (Å²) in [4.78, 5) is 10.2. The van der Waals surface area contributed by atoms with Crippen molar-refractivity contribution in [1.82, 2.24) is 0 Å². The van der Waals surface area contributed by atoms with Crippen LogP contribution in [-0.4, -0.2) is 19.6 Å². The van der Waals surface area contributed by atoms with Crippen LogP contribution in [0.15, 0.2) is 34.5 Å². The molecule has 0 fully saturated rings. The van der Waals surface area contributed by atoms with Crippen molar-refractivity contribution in [3.63, 3.8) is 0 Å². The number of nitro groups is 1. The maximum absolute atomic E-state index is 12.8. The Morgan fingerprint density at radius 2 is 1.90 bits per heavy atom. The fourth-order valence-corrected chi connectivity index (χ4v) is 3.22. The fourth-order valence-electron chi connectivity index (χ4n) is 1.34. The summed E-state index contributed by atoms with van der Waals surface area (Å²) in [5, 5.41) is 10.7. The van der Waals surface area contributed by atoms with Gasteiger partial charge in [0.25, 0.3) is 5.06 Å². The molecule has 2 rings (SSSR count). The van der Waals surface area contributed by atoms with Gasteiger partial charge < -0.3 is 4.74 Å². The second kappa shape index (κ2) is 5.17. The molecule has 0 aliphatic heterocycles. The molecule has 2 aromatic rings. The molecule has 0 saturated heterocycles. The van der Waals surface area contributed by atoms with Crippen molar-refractivity contribution < 1.29 is 22.5 Å².